The van der Waals surface area contributed by atoms with E-state index in [1.54, 1.807) is 6.92 Å². The molecule has 2 aromatic rings. The summed E-state index contributed by atoms with van der Waals surface area (Å²) in [6.07, 6.45) is 0.879. The molecular formula is C11H9FN4O3. The zero-order chi connectivity index (χ0) is 13.6. The molecular weight excluding hydrogens is 255 g/mol. The van der Waals surface area contributed by atoms with Crippen molar-refractivity contribution in [2.75, 3.05) is 0 Å². The van der Waals surface area contributed by atoms with Crippen LogP contribution in [-0.4, -0.2) is 26.2 Å². The number of nitro groups is 1. The minimum Gasteiger partial charge on any atom is -0.339 e. The molecule has 3 rings (SSSR count). The number of alkyl halides is 1. The second-order valence-electron chi connectivity index (χ2n) is 4.40. The van der Waals surface area contributed by atoms with Gasteiger partial charge < -0.3 is 4.52 Å². The molecule has 1 fully saturated rings. The highest BCUT2D eigenvalue weighted by atomic mass is 19.1. The Bertz CT molecular complexity index is 657. The predicted molar refractivity (Wildman–Crippen MR) is 61.2 cm³/mol. The molecule has 7 nitrogen and oxygen atoms in total. The number of aromatic nitrogens is 3. The van der Waals surface area contributed by atoms with E-state index in [1.807, 2.05) is 0 Å². The van der Waals surface area contributed by atoms with Crippen LogP contribution in [0.1, 0.15) is 23.9 Å². The lowest BCUT2D eigenvalue weighted by atomic mass is 10.2. The fourth-order valence-electron chi connectivity index (χ4n) is 1.75. The van der Waals surface area contributed by atoms with E-state index < -0.39 is 11.1 Å². The smallest absolute Gasteiger partial charge is 0.291 e. The van der Waals surface area contributed by atoms with Gasteiger partial charge in [0.05, 0.1) is 10.8 Å². The maximum Gasteiger partial charge on any atom is 0.291 e. The van der Waals surface area contributed by atoms with Crippen molar-refractivity contribution in [1.29, 1.82) is 0 Å². The maximum atomic E-state index is 12.9. The van der Waals surface area contributed by atoms with Crippen LogP contribution >= 0.6 is 0 Å². The van der Waals surface area contributed by atoms with Crippen LogP contribution in [0, 0.1) is 17.0 Å². The fourth-order valence-corrected chi connectivity index (χ4v) is 1.75. The highest BCUT2D eigenvalue weighted by molar-refractivity contribution is 5.58. The van der Waals surface area contributed by atoms with Gasteiger partial charge in [0.15, 0.2) is 0 Å². The van der Waals surface area contributed by atoms with Crippen molar-refractivity contribution < 1.29 is 13.8 Å². The van der Waals surface area contributed by atoms with Gasteiger partial charge in [0.25, 0.3) is 5.69 Å². The zero-order valence-corrected chi connectivity index (χ0v) is 9.91. The van der Waals surface area contributed by atoms with E-state index >= 15 is 0 Å². The molecule has 19 heavy (non-hydrogen) atoms. The fraction of sp³-hybridized carbons (Fsp3) is 0.364. The number of hydrogen-bond donors (Lipinski definition) is 0. The van der Waals surface area contributed by atoms with Crippen molar-refractivity contribution >= 4 is 5.69 Å². The molecule has 0 aromatic carbocycles. The summed E-state index contributed by atoms with van der Waals surface area (Å²) in [7, 11) is 0. The van der Waals surface area contributed by atoms with Gasteiger partial charge in [0.1, 0.15) is 11.9 Å². The summed E-state index contributed by atoms with van der Waals surface area (Å²) in [5.74, 6) is 0.0741. The molecule has 8 heteroatoms. The first kappa shape index (κ1) is 11.7. The third kappa shape index (κ3) is 2.05. The Morgan fingerprint density at radius 2 is 2.32 bits per heavy atom. The number of halogens is 1. The summed E-state index contributed by atoms with van der Waals surface area (Å²) in [6.45, 7) is 1.54. The van der Waals surface area contributed by atoms with Crippen LogP contribution in [0.2, 0.25) is 0 Å². The molecule has 2 heterocycles. The Kier molecular flexibility index (Phi) is 2.51. The van der Waals surface area contributed by atoms with Gasteiger partial charge in [-0.1, -0.05) is 5.16 Å². The van der Waals surface area contributed by atoms with Gasteiger partial charge in [-0.25, -0.2) is 4.39 Å². The highest BCUT2D eigenvalue weighted by Crippen LogP contribution is 2.43. The van der Waals surface area contributed by atoms with Gasteiger partial charge in [-0.3, -0.25) is 15.1 Å². The minimum atomic E-state index is -0.932. The van der Waals surface area contributed by atoms with Crippen molar-refractivity contribution in [3.63, 3.8) is 0 Å². The quantitative estimate of drug-likeness (QED) is 0.622. The highest BCUT2D eigenvalue weighted by Gasteiger charge is 2.43. The number of nitrogens with zero attached hydrogens (tertiary/aromatic N) is 4. The van der Waals surface area contributed by atoms with Crippen molar-refractivity contribution in [2.45, 2.75) is 25.4 Å². The van der Waals surface area contributed by atoms with Crippen LogP contribution in [0.3, 0.4) is 0 Å². The number of rotatable bonds is 3. The van der Waals surface area contributed by atoms with Gasteiger partial charge in [-0.05, 0) is 13.3 Å². The summed E-state index contributed by atoms with van der Waals surface area (Å²) >= 11 is 0. The molecule has 0 saturated heterocycles. The molecule has 2 aromatic heterocycles. The largest absolute Gasteiger partial charge is 0.339 e. The van der Waals surface area contributed by atoms with Gasteiger partial charge in [0, 0.05) is 17.8 Å². The second kappa shape index (κ2) is 4.08. The summed E-state index contributed by atoms with van der Waals surface area (Å²) in [4.78, 5) is 18.3. The second-order valence-corrected chi connectivity index (χ2v) is 4.40. The van der Waals surface area contributed by atoms with Gasteiger partial charge in [0.2, 0.25) is 11.7 Å². The average Bonchev–Trinajstić information content (AvgIpc) is 2.91. The van der Waals surface area contributed by atoms with Crippen LogP contribution in [0.4, 0.5) is 10.1 Å². The number of hydrogen-bond acceptors (Lipinski definition) is 6. The Morgan fingerprint density at radius 3 is 2.95 bits per heavy atom. The predicted octanol–water partition coefficient (Wildman–Crippen LogP) is 2.17. The van der Waals surface area contributed by atoms with E-state index in [4.69, 9.17) is 4.52 Å². The van der Waals surface area contributed by atoms with E-state index in [1.165, 1.54) is 12.3 Å². The SMILES string of the molecule is Cc1ncc(-c2noc([C@H]3C[C@@H]3F)n2)cc1[N+](=O)[O-]. The first-order chi connectivity index (χ1) is 9.06. The van der Waals surface area contributed by atoms with Crippen LogP contribution in [0.25, 0.3) is 11.4 Å². The Balaban J connectivity index is 1.95. The third-order valence-corrected chi connectivity index (χ3v) is 2.99. The summed E-state index contributed by atoms with van der Waals surface area (Å²) in [5, 5.41) is 14.5. The Labute approximate surface area is 106 Å². The molecule has 0 aliphatic heterocycles. The third-order valence-electron chi connectivity index (χ3n) is 2.99. The lowest BCUT2D eigenvalue weighted by Crippen LogP contribution is -1.95. The van der Waals surface area contributed by atoms with E-state index in [9.17, 15) is 14.5 Å². The molecule has 0 unspecified atom stereocenters. The Morgan fingerprint density at radius 1 is 1.58 bits per heavy atom. The normalized spacial score (nSPS) is 21.4. The lowest BCUT2D eigenvalue weighted by Gasteiger charge is -1.97. The topological polar surface area (TPSA) is 95.0 Å². The average molecular weight is 264 g/mol. The molecule has 0 radical (unpaired) electrons. The molecule has 0 amide bonds. The lowest BCUT2D eigenvalue weighted by molar-refractivity contribution is -0.385. The van der Waals surface area contributed by atoms with Gasteiger partial charge in [-0.15, -0.1) is 0 Å². The first-order valence-electron chi connectivity index (χ1n) is 5.65. The van der Waals surface area contributed by atoms with E-state index in [0.29, 0.717) is 17.7 Å². The van der Waals surface area contributed by atoms with E-state index in [2.05, 4.69) is 15.1 Å². The standard InChI is InChI=1S/C11H9FN4O3/c1-5-9(16(17)18)2-6(4-13-5)10-14-11(19-15-10)7-3-8(7)12/h2,4,7-8H,3H2,1H3/t7-,8-/m0/s1. The molecule has 1 aliphatic carbocycles. The summed E-state index contributed by atoms with van der Waals surface area (Å²) in [5.41, 5.74) is 0.575. The number of pyridine rings is 1. The van der Waals surface area contributed by atoms with Crippen molar-refractivity contribution in [3.05, 3.63) is 34.0 Å². The molecule has 1 aliphatic rings. The molecule has 0 bridgehead atoms. The van der Waals surface area contributed by atoms with E-state index in [-0.39, 0.29) is 23.3 Å². The van der Waals surface area contributed by atoms with E-state index in [0.717, 1.165) is 0 Å². The van der Waals surface area contributed by atoms with Gasteiger partial charge >= 0.3 is 0 Å². The first-order valence-corrected chi connectivity index (χ1v) is 5.65. The van der Waals surface area contributed by atoms with Crippen molar-refractivity contribution in [2.24, 2.45) is 0 Å². The molecule has 0 N–H and O–H groups in total. The van der Waals surface area contributed by atoms with Gasteiger partial charge in [-0.2, -0.15) is 4.98 Å². The van der Waals surface area contributed by atoms with Crippen molar-refractivity contribution in [1.82, 2.24) is 15.1 Å². The summed E-state index contributed by atoms with van der Waals surface area (Å²) in [6, 6.07) is 1.33. The van der Waals surface area contributed by atoms with Crippen LogP contribution in [0.15, 0.2) is 16.8 Å². The molecule has 1 saturated carbocycles. The summed E-state index contributed by atoms with van der Waals surface area (Å²) < 4.78 is 17.8. The maximum absolute atomic E-state index is 12.9. The van der Waals surface area contributed by atoms with Crippen LogP contribution < -0.4 is 0 Å². The molecule has 98 valence electrons. The minimum absolute atomic E-state index is 0.112. The number of aryl methyl sites for hydroxylation is 1. The van der Waals surface area contributed by atoms with Crippen LogP contribution in [0.5, 0.6) is 0 Å². The molecule has 0 spiro atoms. The van der Waals surface area contributed by atoms with Crippen molar-refractivity contribution in [3.8, 4) is 11.4 Å². The Hall–Kier alpha value is -2.38. The van der Waals surface area contributed by atoms with Crippen LogP contribution in [-0.2, 0) is 0 Å². The zero-order valence-electron chi connectivity index (χ0n) is 9.91. The monoisotopic (exact) mass is 264 g/mol. The molecule has 2 atom stereocenters.